The molecule has 0 radical (unpaired) electrons. The first-order valence-electron chi connectivity index (χ1n) is 4.25. The maximum absolute atomic E-state index is 11.3. The molecular formula is C7H13NO4S2. The summed E-state index contributed by atoms with van der Waals surface area (Å²) in [5.74, 6) is -0.188. The lowest BCUT2D eigenvalue weighted by molar-refractivity contribution is -0.142. The van der Waals surface area contributed by atoms with Gasteiger partial charge in [0.2, 0.25) is 10.0 Å². The molecule has 1 aliphatic rings. The highest BCUT2D eigenvalue weighted by Gasteiger charge is 2.44. The highest BCUT2D eigenvalue weighted by atomic mass is 32.2. The molecule has 0 bridgehead atoms. The first-order valence-corrected chi connectivity index (χ1v) is 7.05. The van der Waals surface area contributed by atoms with Crippen molar-refractivity contribution < 1.29 is 18.3 Å². The average molecular weight is 239 g/mol. The van der Waals surface area contributed by atoms with Gasteiger partial charge < -0.3 is 5.11 Å². The Balaban J connectivity index is 2.86. The number of aliphatic carboxylic acids is 1. The molecule has 1 aliphatic heterocycles. The second-order valence-corrected chi connectivity index (χ2v) is 6.31. The van der Waals surface area contributed by atoms with Gasteiger partial charge in [0.25, 0.3) is 0 Å². The number of hydrogen-bond acceptors (Lipinski definition) is 4. The summed E-state index contributed by atoms with van der Waals surface area (Å²) in [5.41, 5.74) is -1.28. The molecule has 1 fully saturated rings. The summed E-state index contributed by atoms with van der Waals surface area (Å²) in [7, 11) is -3.45. The third-order valence-electron chi connectivity index (χ3n) is 2.16. The highest BCUT2D eigenvalue weighted by molar-refractivity contribution is 7.99. The first-order chi connectivity index (χ1) is 6.42. The lowest BCUT2D eigenvalue weighted by Crippen LogP contribution is -2.55. The second-order valence-electron chi connectivity index (χ2n) is 3.20. The Morgan fingerprint density at radius 1 is 1.64 bits per heavy atom. The summed E-state index contributed by atoms with van der Waals surface area (Å²) < 4.78 is 24.8. The van der Waals surface area contributed by atoms with Crippen molar-refractivity contribution in [2.24, 2.45) is 0 Å². The van der Waals surface area contributed by atoms with Crippen LogP contribution in [0, 0.1) is 0 Å². The van der Waals surface area contributed by atoms with Crippen LogP contribution in [0.4, 0.5) is 0 Å². The van der Waals surface area contributed by atoms with E-state index in [4.69, 9.17) is 5.11 Å². The molecule has 1 unspecified atom stereocenters. The average Bonchev–Trinajstić information content (AvgIpc) is 2.53. The van der Waals surface area contributed by atoms with E-state index in [1.54, 1.807) is 0 Å². The number of rotatable bonds is 4. The fourth-order valence-corrected chi connectivity index (χ4v) is 3.65. The molecule has 1 heterocycles. The minimum absolute atomic E-state index is 0.0906. The molecule has 0 amide bonds. The van der Waals surface area contributed by atoms with Crippen molar-refractivity contribution in [1.82, 2.24) is 4.72 Å². The summed E-state index contributed by atoms with van der Waals surface area (Å²) in [5, 5.41) is 8.98. The van der Waals surface area contributed by atoms with Crippen LogP contribution in [0.15, 0.2) is 0 Å². The summed E-state index contributed by atoms with van der Waals surface area (Å²) in [4.78, 5) is 11.0. The number of hydrogen-bond donors (Lipinski definition) is 2. The normalized spacial score (nSPS) is 27.8. The van der Waals surface area contributed by atoms with Gasteiger partial charge in [0.1, 0.15) is 5.54 Å². The maximum atomic E-state index is 11.3. The summed E-state index contributed by atoms with van der Waals surface area (Å²) in [6.45, 7) is 1.49. The van der Waals surface area contributed by atoms with Crippen molar-refractivity contribution in [3.05, 3.63) is 0 Å². The standard InChI is InChI=1S/C7H13NO4S2/c1-2-14(11,12)8-7(6(9)10)3-4-13-5-7/h8H,2-5H2,1H3,(H,9,10). The van der Waals surface area contributed by atoms with Crippen LogP contribution >= 0.6 is 11.8 Å². The number of thioether (sulfide) groups is 1. The highest BCUT2D eigenvalue weighted by Crippen LogP contribution is 2.28. The topological polar surface area (TPSA) is 83.5 Å². The van der Waals surface area contributed by atoms with Crippen molar-refractivity contribution in [2.45, 2.75) is 18.9 Å². The fraction of sp³-hybridized carbons (Fsp3) is 0.857. The van der Waals surface area contributed by atoms with Gasteiger partial charge in [0.15, 0.2) is 0 Å². The molecule has 0 aromatic carbocycles. The predicted molar refractivity (Wildman–Crippen MR) is 54.9 cm³/mol. The maximum Gasteiger partial charge on any atom is 0.325 e. The second kappa shape index (κ2) is 4.08. The van der Waals surface area contributed by atoms with Gasteiger partial charge in [-0.1, -0.05) is 0 Å². The summed E-state index contributed by atoms with van der Waals surface area (Å²) in [6.07, 6.45) is 0.353. The van der Waals surface area contributed by atoms with Gasteiger partial charge in [-0.3, -0.25) is 4.79 Å². The zero-order chi connectivity index (χ0) is 10.8. The molecule has 0 aromatic heterocycles. The Morgan fingerprint density at radius 3 is 2.64 bits per heavy atom. The monoisotopic (exact) mass is 239 g/mol. The number of nitrogens with one attached hydrogen (secondary N) is 1. The van der Waals surface area contributed by atoms with Crippen molar-refractivity contribution in [1.29, 1.82) is 0 Å². The Bertz CT molecular complexity index is 319. The van der Waals surface area contributed by atoms with E-state index in [0.29, 0.717) is 17.9 Å². The van der Waals surface area contributed by atoms with E-state index in [1.807, 2.05) is 0 Å². The van der Waals surface area contributed by atoms with Gasteiger partial charge in [0, 0.05) is 5.75 Å². The molecule has 0 aromatic rings. The molecule has 7 heteroatoms. The van der Waals surface area contributed by atoms with Gasteiger partial charge in [-0.05, 0) is 19.1 Å². The molecule has 2 N–H and O–H groups in total. The van der Waals surface area contributed by atoms with Crippen LogP contribution < -0.4 is 4.72 Å². The van der Waals surface area contributed by atoms with E-state index < -0.39 is 21.5 Å². The van der Waals surface area contributed by atoms with Gasteiger partial charge in [-0.25, -0.2) is 8.42 Å². The van der Waals surface area contributed by atoms with Crippen LogP contribution in [0.5, 0.6) is 0 Å². The van der Waals surface area contributed by atoms with Gasteiger partial charge in [0.05, 0.1) is 5.75 Å². The lowest BCUT2D eigenvalue weighted by atomic mass is 10.0. The Kier molecular flexibility index (Phi) is 3.44. The van der Waals surface area contributed by atoms with Crippen molar-refractivity contribution in [3.63, 3.8) is 0 Å². The molecule has 14 heavy (non-hydrogen) atoms. The first kappa shape index (κ1) is 11.8. The Labute approximate surface area is 87.3 Å². The van der Waals surface area contributed by atoms with Crippen molar-refractivity contribution in [2.75, 3.05) is 17.3 Å². The number of carboxylic acid groups (broad SMARTS) is 1. The predicted octanol–water partition coefficient (Wildman–Crippen LogP) is -0.114. The van der Waals surface area contributed by atoms with Crippen LogP contribution in [-0.4, -0.2) is 42.3 Å². The van der Waals surface area contributed by atoms with Gasteiger partial charge in [-0.2, -0.15) is 16.5 Å². The molecule has 1 atom stereocenters. The minimum Gasteiger partial charge on any atom is -0.480 e. The third kappa shape index (κ3) is 2.40. The summed E-state index contributed by atoms with van der Waals surface area (Å²) in [6, 6.07) is 0. The van der Waals surface area contributed by atoms with Crippen LogP contribution in [0.3, 0.4) is 0 Å². The van der Waals surface area contributed by atoms with Crippen molar-refractivity contribution in [3.8, 4) is 0 Å². The number of carbonyl (C=O) groups is 1. The quantitative estimate of drug-likeness (QED) is 0.715. The van der Waals surface area contributed by atoms with Gasteiger partial charge >= 0.3 is 5.97 Å². The van der Waals surface area contributed by atoms with Crippen LogP contribution in [-0.2, 0) is 14.8 Å². The molecule has 5 nitrogen and oxygen atoms in total. The molecule has 82 valence electrons. The largest absolute Gasteiger partial charge is 0.480 e. The minimum atomic E-state index is -3.45. The summed E-state index contributed by atoms with van der Waals surface area (Å²) >= 11 is 1.45. The Hall–Kier alpha value is -0.270. The zero-order valence-corrected chi connectivity index (χ0v) is 9.45. The van der Waals surface area contributed by atoms with E-state index in [-0.39, 0.29) is 5.75 Å². The van der Waals surface area contributed by atoms with Crippen LogP contribution in [0.25, 0.3) is 0 Å². The molecule has 1 saturated heterocycles. The molecule has 0 aliphatic carbocycles. The third-order valence-corrected chi connectivity index (χ3v) is 4.81. The van der Waals surface area contributed by atoms with E-state index in [2.05, 4.69) is 4.72 Å². The zero-order valence-electron chi connectivity index (χ0n) is 7.82. The van der Waals surface area contributed by atoms with Gasteiger partial charge in [-0.15, -0.1) is 0 Å². The SMILES string of the molecule is CCS(=O)(=O)NC1(C(=O)O)CCSC1. The number of carboxylic acids is 1. The van der Waals surface area contributed by atoms with Crippen LogP contribution in [0.2, 0.25) is 0 Å². The molecule has 0 spiro atoms. The molecule has 0 saturated carbocycles. The molecule has 1 rings (SSSR count). The van der Waals surface area contributed by atoms with E-state index >= 15 is 0 Å². The van der Waals surface area contributed by atoms with Crippen molar-refractivity contribution >= 4 is 27.8 Å². The smallest absolute Gasteiger partial charge is 0.325 e. The van der Waals surface area contributed by atoms with Crippen LogP contribution in [0.1, 0.15) is 13.3 Å². The lowest BCUT2D eigenvalue weighted by Gasteiger charge is -2.23. The number of sulfonamides is 1. The van der Waals surface area contributed by atoms with E-state index in [9.17, 15) is 13.2 Å². The van der Waals surface area contributed by atoms with E-state index in [1.165, 1.54) is 18.7 Å². The Morgan fingerprint density at radius 2 is 2.29 bits per heavy atom. The molecular weight excluding hydrogens is 226 g/mol. The van der Waals surface area contributed by atoms with E-state index in [0.717, 1.165) is 0 Å². The fourth-order valence-electron chi connectivity index (χ4n) is 1.23.